The zero-order chi connectivity index (χ0) is 17.8. The highest BCUT2D eigenvalue weighted by Gasteiger charge is 2.34. The summed E-state index contributed by atoms with van der Waals surface area (Å²) in [5, 5.41) is 4.14. The van der Waals surface area contributed by atoms with Crippen LogP contribution in [0, 0.1) is 5.92 Å². The summed E-state index contributed by atoms with van der Waals surface area (Å²) in [6.07, 6.45) is 6.92. The van der Waals surface area contributed by atoms with Gasteiger partial charge >= 0.3 is 0 Å². The molecular weight excluding hydrogens is 326 g/mol. The van der Waals surface area contributed by atoms with Gasteiger partial charge in [-0.15, -0.1) is 0 Å². The monoisotopic (exact) mass is 349 g/mol. The third-order valence-electron chi connectivity index (χ3n) is 5.22. The predicted molar refractivity (Wildman–Crippen MR) is 99.7 cm³/mol. The first kappa shape index (κ1) is 16.8. The second kappa shape index (κ2) is 7.68. The van der Waals surface area contributed by atoms with Crippen LogP contribution in [0.15, 0.2) is 60.0 Å². The van der Waals surface area contributed by atoms with Crippen molar-refractivity contribution in [2.75, 3.05) is 13.1 Å². The lowest BCUT2D eigenvalue weighted by Crippen LogP contribution is -2.44. The third kappa shape index (κ3) is 3.77. The van der Waals surface area contributed by atoms with E-state index < -0.39 is 6.10 Å². The van der Waals surface area contributed by atoms with Crippen molar-refractivity contribution < 1.29 is 9.63 Å². The molecule has 0 bridgehead atoms. The fourth-order valence-electron chi connectivity index (χ4n) is 3.72. The van der Waals surface area contributed by atoms with Gasteiger partial charge in [0.15, 0.2) is 0 Å². The van der Waals surface area contributed by atoms with Gasteiger partial charge in [0.2, 0.25) is 6.10 Å². The lowest BCUT2D eigenvalue weighted by molar-refractivity contribution is -0.143. The molecule has 0 saturated carbocycles. The molecule has 1 amide bonds. The molecule has 0 radical (unpaired) electrons. The molecule has 0 aliphatic carbocycles. The highest BCUT2D eigenvalue weighted by Crippen LogP contribution is 2.24. The summed E-state index contributed by atoms with van der Waals surface area (Å²) < 4.78 is 0. The number of hydrogen-bond donors (Lipinski definition) is 0. The second-order valence-corrected chi connectivity index (χ2v) is 7.04. The van der Waals surface area contributed by atoms with Crippen molar-refractivity contribution in [3.63, 3.8) is 0 Å². The largest absolute Gasteiger partial charge is 0.382 e. The van der Waals surface area contributed by atoms with Crippen LogP contribution in [-0.2, 0) is 16.1 Å². The van der Waals surface area contributed by atoms with Gasteiger partial charge in [0, 0.05) is 31.9 Å². The Bertz CT molecular complexity index is 768. The molecule has 5 heteroatoms. The van der Waals surface area contributed by atoms with E-state index in [2.05, 4.69) is 16.2 Å². The SMILES string of the molecule is O=C(C1CC(c2ccccc2)=NO1)N1CCC(Cc2cccnc2)CC1. The number of benzene rings is 1. The minimum absolute atomic E-state index is 0.0690. The van der Waals surface area contributed by atoms with Crippen molar-refractivity contribution in [3.05, 3.63) is 66.0 Å². The average Bonchev–Trinajstić information content (AvgIpc) is 3.20. The van der Waals surface area contributed by atoms with Gasteiger partial charge in [-0.1, -0.05) is 41.6 Å². The third-order valence-corrected chi connectivity index (χ3v) is 5.22. The van der Waals surface area contributed by atoms with Crippen LogP contribution >= 0.6 is 0 Å². The number of likely N-dealkylation sites (tertiary alicyclic amines) is 1. The van der Waals surface area contributed by atoms with Gasteiger partial charge in [-0.25, -0.2) is 0 Å². The topological polar surface area (TPSA) is 54.8 Å². The lowest BCUT2D eigenvalue weighted by atomic mass is 9.90. The molecule has 0 spiro atoms. The summed E-state index contributed by atoms with van der Waals surface area (Å²) in [7, 11) is 0. The van der Waals surface area contributed by atoms with Gasteiger partial charge in [0.05, 0.1) is 5.71 Å². The molecule has 26 heavy (non-hydrogen) atoms. The van der Waals surface area contributed by atoms with Crippen molar-refractivity contribution in [1.29, 1.82) is 0 Å². The molecular formula is C21H23N3O2. The summed E-state index contributed by atoms with van der Waals surface area (Å²) in [6, 6.07) is 14.0. The predicted octanol–water partition coefficient (Wildman–Crippen LogP) is 3.06. The highest BCUT2D eigenvalue weighted by molar-refractivity contribution is 6.04. The maximum Gasteiger partial charge on any atom is 0.266 e. The van der Waals surface area contributed by atoms with Crippen LogP contribution in [0.4, 0.5) is 0 Å². The Balaban J connectivity index is 1.28. The van der Waals surface area contributed by atoms with Gasteiger partial charge in [0.25, 0.3) is 5.91 Å². The number of nitrogens with zero attached hydrogens (tertiary/aromatic N) is 3. The minimum Gasteiger partial charge on any atom is -0.382 e. The van der Waals surface area contributed by atoms with E-state index in [1.54, 1.807) is 6.20 Å². The summed E-state index contributed by atoms with van der Waals surface area (Å²) in [5.41, 5.74) is 3.16. The van der Waals surface area contributed by atoms with E-state index in [1.165, 1.54) is 5.56 Å². The van der Waals surface area contributed by atoms with Crippen LogP contribution in [0.1, 0.15) is 30.4 Å². The Morgan fingerprint density at radius 2 is 1.92 bits per heavy atom. The molecule has 2 aliphatic heterocycles. The Kier molecular flexibility index (Phi) is 4.95. The van der Waals surface area contributed by atoms with E-state index >= 15 is 0 Å². The molecule has 1 saturated heterocycles. The van der Waals surface area contributed by atoms with Crippen LogP contribution in [0.2, 0.25) is 0 Å². The minimum atomic E-state index is -0.472. The van der Waals surface area contributed by atoms with E-state index in [1.807, 2.05) is 47.5 Å². The van der Waals surface area contributed by atoms with Crippen LogP contribution < -0.4 is 0 Å². The van der Waals surface area contributed by atoms with E-state index in [4.69, 9.17) is 4.84 Å². The molecule has 1 fully saturated rings. The molecule has 1 unspecified atom stereocenters. The summed E-state index contributed by atoms with van der Waals surface area (Å²) in [6.45, 7) is 1.59. The normalized spacial score (nSPS) is 20.5. The second-order valence-electron chi connectivity index (χ2n) is 7.04. The van der Waals surface area contributed by atoms with Crippen molar-refractivity contribution in [2.45, 2.75) is 31.8 Å². The summed E-state index contributed by atoms with van der Waals surface area (Å²) in [5.74, 6) is 0.684. The average molecular weight is 349 g/mol. The van der Waals surface area contributed by atoms with Crippen LogP contribution in [0.5, 0.6) is 0 Å². The Morgan fingerprint density at radius 3 is 2.65 bits per heavy atom. The first-order valence-corrected chi connectivity index (χ1v) is 9.25. The van der Waals surface area contributed by atoms with Crippen molar-refractivity contribution >= 4 is 11.6 Å². The van der Waals surface area contributed by atoms with E-state index in [0.29, 0.717) is 12.3 Å². The van der Waals surface area contributed by atoms with Gasteiger partial charge < -0.3 is 9.74 Å². The quantitative estimate of drug-likeness (QED) is 0.852. The Labute approximate surface area is 153 Å². The van der Waals surface area contributed by atoms with Gasteiger partial charge in [-0.3, -0.25) is 9.78 Å². The number of oxime groups is 1. The molecule has 5 nitrogen and oxygen atoms in total. The van der Waals surface area contributed by atoms with Gasteiger partial charge in [-0.2, -0.15) is 0 Å². The maximum atomic E-state index is 12.8. The maximum absolute atomic E-state index is 12.8. The number of hydrogen-bond acceptors (Lipinski definition) is 4. The fourth-order valence-corrected chi connectivity index (χ4v) is 3.72. The summed E-state index contributed by atoms with van der Waals surface area (Å²) >= 11 is 0. The van der Waals surface area contributed by atoms with Crippen molar-refractivity contribution in [1.82, 2.24) is 9.88 Å². The molecule has 1 aromatic carbocycles. The fraction of sp³-hybridized carbons (Fsp3) is 0.381. The van der Waals surface area contributed by atoms with Crippen LogP contribution in [0.25, 0.3) is 0 Å². The molecule has 1 atom stereocenters. The molecule has 2 aliphatic rings. The first-order valence-electron chi connectivity index (χ1n) is 9.25. The van der Waals surface area contributed by atoms with Gasteiger partial charge in [0.1, 0.15) is 0 Å². The lowest BCUT2D eigenvalue weighted by Gasteiger charge is -2.33. The Hall–Kier alpha value is -2.69. The van der Waals surface area contributed by atoms with Gasteiger partial charge in [-0.05, 0) is 42.4 Å². The molecule has 2 aromatic rings. The number of rotatable bonds is 4. The number of amides is 1. The smallest absolute Gasteiger partial charge is 0.266 e. The van der Waals surface area contributed by atoms with Crippen molar-refractivity contribution in [2.24, 2.45) is 11.1 Å². The zero-order valence-electron chi connectivity index (χ0n) is 14.8. The molecule has 134 valence electrons. The first-order chi connectivity index (χ1) is 12.8. The number of aromatic nitrogens is 1. The number of pyridine rings is 1. The van der Waals surface area contributed by atoms with E-state index in [0.717, 1.165) is 43.6 Å². The standard InChI is InChI=1S/C21H23N3O2/c25-21(20-14-19(23-26-20)18-6-2-1-3-7-18)24-11-8-16(9-12-24)13-17-5-4-10-22-15-17/h1-7,10,15-16,20H,8-9,11-14H2. The highest BCUT2D eigenvalue weighted by atomic mass is 16.6. The molecule has 0 N–H and O–H groups in total. The van der Waals surface area contributed by atoms with Crippen molar-refractivity contribution in [3.8, 4) is 0 Å². The number of carbonyl (C=O) groups is 1. The molecule has 3 heterocycles. The zero-order valence-corrected chi connectivity index (χ0v) is 14.8. The molecule has 4 rings (SSSR count). The van der Waals surface area contributed by atoms with Crippen LogP contribution in [-0.4, -0.2) is 40.7 Å². The number of carbonyl (C=O) groups excluding carboxylic acids is 1. The Morgan fingerprint density at radius 1 is 1.12 bits per heavy atom. The van der Waals surface area contributed by atoms with Crippen LogP contribution in [0.3, 0.4) is 0 Å². The summed E-state index contributed by atoms with van der Waals surface area (Å²) in [4.78, 5) is 24.3. The van der Waals surface area contributed by atoms with E-state index in [9.17, 15) is 4.79 Å². The van der Waals surface area contributed by atoms with E-state index in [-0.39, 0.29) is 5.91 Å². The number of piperidine rings is 1. The molecule has 1 aromatic heterocycles.